The summed E-state index contributed by atoms with van der Waals surface area (Å²) < 4.78 is 11.1. The third-order valence-electron chi connectivity index (χ3n) is 2.68. The first-order chi connectivity index (χ1) is 7.88. The molecule has 84 valence electrons. The van der Waals surface area contributed by atoms with Crippen LogP contribution in [0.2, 0.25) is 0 Å². The number of ether oxygens (including phenoxy) is 2. The number of hydrogen-bond acceptors (Lipinski definition) is 3. The lowest BCUT2D eigenvalue weighted by Gasteiger charge is -2.23. The molecule has 0 N–H and O–H groups in total. The van der Waals surface area contributed by atoms with E-state index in [2.05, 4.69) is 6.07 Å². The summed E-state index contributed by atoms with van der Waals surface area (Å²) in [6, 6.07) is 9.88. The molecule has 0 aromatic heterocycles. The molecule has 0 bridgehead atoms. The summed E-state index contributed by atoms with van der Waals surface area (Å²) in [5.74, 6) is 0.883. The molecule has 1 aromatic carbocycles. The SMILES string of the molecule is N#CCc1ccc(OC2CCOCC2)cc1. The minimum atomic E-state index is 0.274. The van der Waals surface area contributed by atoms with Gasteiger partial charge in [0.15, 0.2) is 0 Å². The van der Waals surface area contributed by atoms with Crippen molar-refractivity contribution >= 4 is 0 Å². The normalized spacial score (nSPS) is 16.7. The van der Waals surface area contributed by atoms with Gasteiger partial charge in [-0.15, -0.1) is 0 Å². The van der Waals surface area contributed by atoms with E-state index >= 15 is 0 Å². The van der Waals surface area contributed by atoms with E-state index in [0.29, 0.717) is 6.42 Å². The summed E-state index contributed by atoms with van der Waals surface area (Å²) in [4.78, 5) is 0. The lowest BCUT2D eigenvalue weighted by atomic mass is 10.1. The van der Waals surface area contributed by atoms with Crippen molar-refractivity contribution in [2.75, 3.05) is 13.2 Å². The standard InChI is InChI=1S/C13H15NO2/c14-8-5-11-1-3-12(4-2-11)16-13-6-9-15-10-7-13/h1-4,13H,5-7,9-10H2. The van der Waals surface area contributed by atoms with Gasteiger partial charge in [0.05, 0.1) is 25.7 Å². The molecule has 1 aromatic rings. The highest BCUT2D eigenvalue weighted by Gasteiger charge is 2.14. The van der Waals surface area contributed by atoms with Gasteiger partial charge < -0.3 is 9.47 Å². The van der Waals surface area contributed by atoms with Crippen molar-refractivity contribution in [1.29, 1.82) is 5.26 Å². The molecule has 1 saturated heterocycles. The first-order valence-electron chi connectivity index (χ1n) is 5.59. The Balaban J connectivity index is 1.91. The maximum atomic E-state index is 8.55. The topological polar surface area (TPSA) is 42.2 Å². The molecule has 0 aliphatic carbocycles. The van der Waals surface area contributed by atoms with E-state index in [9.17, 15) is 0 Å². The molecular weight excluding hydrogens is 202 g/mol. The van der Waals surface area contributed by atoms with Crippen LogP contribution in [-0.2, 0) is 11.2 Å². The largest absolute Gasteiger partial charge is 0.490 e. The van der Waals surface area contributed by atoms with Gasteiger partial charge in [-0.3, -0.25) is 0 Å². The molecule has 0 amide bonds. The fourth-order valence-corrected chi connectivity index (χ4v) is 1.76. The van der Waals surface area contributed by atoms with E-state index in [1.807, 2.05) is 24.3 Å². The summed E-state index contributed by atoms with van der Waals surface area (Å²) in [6.07, 6.45) is 2.65. The van der Waals surface area contributed by atoms with Crippen LogP contribution < -0.4 is 4.74 Å². The molecule has 0 radical (unpaired) electrons. The van der Waals surface area contributed by atoms with Crippen LogP contribution in [0.3, 0.4) is 0 Å². The van der Waals surface area contributed by atoms with Crippen molar-refractivity contribution in [2.24, 2.45) is 0 Å². The van der Waals surface area contributed by atoms with E-state index in [-0.39, 0.29) is 6.10 Å². The second kappa shape index (κ2) is 5.53. The van der Waals surface area contributed by atoms with Crippen molar-refractivity contribution < 1.29 is 9.47 Å². The van der Waals surface area contributed by atoms with Crippen molar-refractivity contribution in [2.45, 2.75) is 25.4 Å². The molecule has 1 heterocycles. The fraction of sp³-hybridized carbons (Fsp3) is 0.462. The van der Waals surface area contributed by atoms with Gasteiger partial charge in [0.1, 0.15) is 11.9 Å². The molecule has 1 aliphatic rings. The van der Waals surface area contributed by atoms with Crippen LogP contribution in [0, 0.1) is 11.3 Å². The summed E-state index contributed by atoms with van der Waals surface area (Å²) in [7, 11) is 0. The second-order valence-corrected chi connectivity index (χ2v) is 3.91. The van der Waals surface area contributed by atoms with E-state index in [4.69, 9.17) is 14.7 Å². The van der Waals surface area contributed by atoms with Gasteiger partial charge in [-0.2, -0.15) is 5.26 Å². The molecule has 3 heteroatoms. The first-order valence-corrected chi connectivity index (χ1v) is 5.59. The summed E-state index contributed by atoms with van der Waals surface area (Å²) in [6.45, 7) is 1.58. The van der Waals surface area contributed by atoms with Crippen molar-refractivity contribution in [3.63, 3.8) is 0 Å². The fourth-order valence-electron chi connectivity index (χ4n) is 1.76. The Kier molecular flexibility index (Phi) is 3.79. The average Bonchev–Trinajstić information content (AvgIpc) is 2.33. The second-order valence-electron chi connectivity index (χ2n) is 3.91. The summed E-state index contributed by atoms with van der Waals surface area (Å²) >= 11 is 0. The lowest BCUT2D eigenvalue weighted by Crippen LogP contribution is -2.25. The number of benzene rings is 1. The van der Waals surface area contributed by atoms with Gasteiger partial charge in [0.2, 0.25) is 0 Å². The van der Waals surface area contributed by atoms with Crippen LogP contribution in [0.15, 0.2) is 24.3 Å². The number of nitriles is 1. The van der Waals surface area contributed by atoms with E-state index in [1.165, 1.54) is 0 Å². The predicted octanol–water partition coefficient (Wildman–Crippen LogP) is 2.31. The zero-order valence-electron chi connectivity index (χ0n) is 9.19. The summed E-state index contributed by atoms with van der Waals surface area (Å²) in [5, 5.41) is 8.55. The van der Waals surface area contributed by atoms with Crippen LogP contribution in [0.1, 0.15) is 18.4 Å². The van der Waals surface area contributed by atoms with Gasteiger partial charge in [-0.1, -0.05) is 12.1 Å². The van der Waals surface area contributed by atoms with Gasteiger partial charge in [0, 0.05) is 12.8 Å². The van der Waals surface area contributed by atoms with Crippen molar-refractivity contribution in [1.82, 2.24) is 0 Å². The molecule has 1 fully saturated rings. The average molecular weight is 217 g/mol. The third-order valence-corrected chi connectivity index (χ3v) is 2.68. The maximum absolute atomic E-state index is 8.55. The van der Waals surface area contributed by atoms with E-state index in [0.717, 1.165) is 37.4 Å². The lowest BCUT2D eigenvalue weighted by molar-refractivity contribution is 0.0255. The minimum Gasteiger partial charge on any atom is -0.490 e. The monoisotopic (exact) mass is 217 g/mol. The Morgan fingerprint density at radius 1 is 1.25 bits per heavy atom. The Labute approximate surface area is 95.6 Å². The Morgan fingerprint density at radius 3 is 2.56 bits per heavy atom. The van der Waals surface area contributed by atoms with Crippen molar-refractivity contribution in [3.05, 3.63) is 29.8 Å². The molecule has 16 heavy (non-hydrogen) atoms. The predicted molar refractivity (Wildman–Crippen MR) is 60.2 cm³/mol. The minimum absolute atomic E-state index is 0.274. The van der Waals surface area contributed by atoms with Gasteiger partial charge in [-0.05, 0) is 17.7 Å². The molecule has 0 unspecified atom stereocenters. The quantitative estimate of drug-likeness (QED) is 0.780. The molecule has 0 atom stereocenters. The highest BCUT2D eigenvalue weighted by Crippen LogP contribution is 2.18. The highest BCUT2D eigenvalue weighted by molar-refractivity contribution is 5.28. The smallest absolute Gasteiger partial charge is 0.119 e. The highest BCUT2D eigenvalue weighted by atomic mass is 16.5. The first kappa shape index (κ1) is 11.0. The Morgan fingerprint density at radius 2 is 1.94 bits per heavy atom. The van der Waals surface area contributed by atoms with Crippen molar-refractivity contribution in [3.8, 4) is 11.8 Å². The van der Waals surface area contributed by atoms with E-state index in [1.54, 1.807) is 0 Å². The van der Waals surface area contributed by atoms with Gasteiger partial charge in [-0.25, -0.2) is 0 Å². The zero-order valence-corrected chi connectivity index (χ0v) is 9.19. The van der Waals surface area contributed by atoms with Gasteiger partial charge >= 0.3 is 0 Å². The van der Waals surface area contributed by atoms with Crippen LogP contribution in [-0.4, -0.2) is 19.3 Å². The van der Waals surface area contributed by atoms with Crippen LogP contribution in [0.4, 0.5) is 0 Å². The third kappa shape index (κ3) is 2.98. The van der Waals surface area contributed by atoms with Crippen LogP contribution in [0.5, 0.6) is 5.75 Å². The number of hydrogen-bond donors (Lipinski definition) is 0. The molecule has 2 rings (SSSR count). The Hall–Kier alpha value is -1.53. The van der Waals surface area contributed by atoms with Crippen LogP contribution >= 0.6 is 0 Å². The maximum Gasteiger partial charge on any atom is 0.119 e. The Bertz CT molecular complexity index is 361. The molecule has 0 spiro atoms. The summed E-state index contributed by atoms with van der Waals surface area (Å²) in [5.41, 5.74) is 1.03. The van der Waals surface area contributed by atoms with Crippen LogP contribution in [0.25, 0.3) is 0 Å². The van der Waals surface area contributed by atoms with E-state index < -0.39 is 0 Å². The molecule has 1 aliphatic heterocycles. The number of rotatable bonds is 3. The number of nitrogens with zero attached hydrogens (tertiary/aromatic N) is 1. The molecular formula is C13H15NO2. The molecule has 3 nitrogen and oxygen atoms in total. The molecule has 0 saturated carbocycles. The van der Waals surface area contributed by atoms with Gasteiger partial charge in [0.25, 0.3) is 0 Å². The zero-order chi connectivity index (χ0) is 11.2.